The third-order valence-electron chi connectivity index (χ3n) is 4.51. The van der Waals surface area contributed by atoms with Crippen molar-refractivity contribution in [2.75, 3.05) is 0 Å². The summed E-state index contributed by atoms with van der Waals surface area (Å²) in [6.07, 6.45) is 2.53. The highest BCUT2D eigenvalue weighted by Gasteiger charge is 2.30. The first-order chi connectivity index (χ1) is 12.0. The molecule has 0 amide bonds. The normalized spacial score (nSPS) is 20.2. The average molecular weight is 354 g/mol. The van der Waals surface area contributed by atoms with E-state index >= 15 is 0 Å². The van der Waals surface area contributed by atoms with Crippen LogP contribution in [0.25, 0.3) is 0 Å². The minimum Gasteiger partial charge on any atom is -0.507 e. The van der Waals surface area contributed by atoms with Crippen LogP contribution in [0.15, 0.2) is 57.6 Å². The van der Waals surface area contributed by atoms with E-state index in [1.54, 1.807) is 0 Å². The third-order valence-corrected chi connectivity index (χ3v) is 5.55. The zero-order valence-corrected chi connectivity index (χ0v) is 15.3. The molecule has 0 aliphatic heterocycles. The van der Waals surface area contributed by atoms with Crippen LogP contribution in [0.2, 0.25) is 0 Å². The Labute approximate surface area is 152 Å². The minimum atomic E-state index is 0.0532. The van der Waals surface area contributed by atoms with Crippen LogP contribution in [0.4, 0.5) is 5.69 Å². The predicted octanol–water partition coefficient (Wildman–Crippen LogP) is 5.58. The number of phenols is 1. The summed E-state index contributed by atoms with van der Waals surface area (Å²) in [6, 6.07) is 13.5. The summed E-state index contributed by atoms with van der Waals surface area (Å²) < 4.78 is 0. The summed E-state index contributed by atoms with van der Waals surface area (Å²) in [5.41, 5.74) is 2.35. The molecule has 2 aromatic rings. The maximum absolute atomic E-state index is 12.4. The molecule has 130 valence electrons. The summed E-state index contributed by atoms with van der Waals surface area (Å²) in [4.78, 5) is 13.4. The van der Waals surface area contributed by atoms with Crippen LogP contribution >= 0.6 is 11.8 Å². The maximum atomic E-state index is 12.4. The van der Waals surface area contributed by atoms with Crippen molar-refractivity contribution in [3.05, 3.63) is 53.6 Å². The van der Waals surface area contributed by atoms with Crippen LogP contribution in [0.1, 0.15) is 30.4 Å². The SMILES string of the molecule is Cc1cc(/N=N/C2CCC(C(=O)Sc3ccccc3)C2)cc(C)c1O. The van der Waals surface area contributed by atoms with E-state index in [0.29, 0.717) is 5.75 Å². The van der Waals surface area contributed by atoms with Gasteiger partial charge in [0.25, 0.3) is 0 Å². The quantitative estimate of drug-likeness (QED) is 0.576. The molecule has 0 bridgehead atoms. The van der Waals surface area contributed by atoms with Crippen molar-refractivity contribution in [2.45, 2.75) is 44.0 Å². The molecule has 25 heavy (non-hydrogen) atoms. The van der Waals surface area contributed by atoms with Gasteiger partial charge in [-0.25, -0.2) is 0 Å². The highest BCUT2D eigenvalue weighted by molar-refractivity contribution is 8.13. The molecule has 2 aromatic carbocycles. The second kappa shape index (κ2) is 7.83. The number of hydrogen-bond acceptors (Lipinski definition) is 5. The molecule has 3 rings (SSSR count). The number of benzene rings is 2. The van der Waals surface area contributed by atoms with Crippen molar-refractivity contribution in [2.24, 2.45) is 16.1 Å². The van der Waals surface area contributed by atoms with Crippen molar-refractivity contribution in [1.82, 2.24) is 0 Å². The highest BCUT2D eigenvalue weighted by Crippen LogP contribution is 2.35. The van der Waals surface area contributed by atoms with Gasteiger partial charge in [-0.2, -0.15) is 10.2 Å². The van der Waals surface area contributed by atoms with Crippen LogP contribution < -0.4 is 0 Å². The van der Waals surface area contributed by atoms with Gasteiger partial charge in [0.1, 0.15) is 5.75 Å². The molecule has 1 N–H and O–H groups in total. The molecule has 2 unspecified atom stereocenters. The van der Waals surface area contributed by atoms with Crippen LogP contribution in [0.3, 0.4) is 0 Å². The van der Waals surface area contributed by atoms with E-state index in [9.17, 15) is 9.90 Å². The Morgan fingerprint density at radius 3 is 2.48 bits per heavy atom. The van der Waals surface area contributed by atoms with E-state index in [1.807, 2.05) is 56.3 Å². The van der Waals surface area contributed by atoms with Gasteiger partial charge in [-0.15, -0.1) is 0 Å². The molecule has 1 saturated carbocycles. The lowest BCUT2D eigenvalue weighted by atomic mass is 10.1. The first-order valence-corrected chi connectivity index (χ1v) is 9.32. The van der Waals surface area contributed by atoms with Gasteiger partial charge in [0.05, 0.1) is 11.7 Å². The standard InChI is InChI=1S/C20H22N2O2S/c1-13-10-17(11-14(2)19(13)23)22-21-16-9-8-15(12-16)20(24)25-18-6-4-3-5-7-18/h3-7,10-11,15-16,23H,8-9,12H2,1-2H3/b22-21+. The lowest BCUT2D eigenvalue weighted by Gasteiger charge is -2.07. The van der Waals surface area contributed by atoms with Crippen LogP contribution in [-0.4, -0.2) is 16.3 Å². The Balaban J connectivity index is 1.58. The molecule has 1 fully saturated rings. The number of aryl methyl sites for hydroxylation is 2. The lowest BCUT2D eigenvalue weighted by Crippen LogP contribution is -2.07. The molecule has 0 heterocycles. The van der Waals surface area contributed by atoms with Crippen LogP contribution in [0.5, 0.6) is 5.75 Å². The molecule has 1 aliphatic rings. The molecule has 2 atom stereocenters. The summed E-state index contributed by atoms with van der Waals surface area (Å²) in [5, 5.41) is 18.8. The van der Waals surface area contributed by atoms with Crippen molar-refractivity contribution in [1.29, 1.82) is 0 Å². The Morgan fingerprint density at radius 1 is 1.12 bits per heavy atom. The summed E-state index contributed by atoms with van der Waals surface area (Å²) in [7, 11) is 0. The average Bonchev–Trinajstić information content (AvgIpc) is 3.08. The van der Waals surface area contributed by atoms with Gasteiger partial charge in [-0.3, -0.25) is 4.79 Å². The molecule has 4 nitrogen and oxygen atoms in total. The molecule has 0 aromatic heterocycles. The monoisotopic (exact) mass is 354 g/mol. The van der Waals surface area contributed by atoms with E-state index in [2.05, 4.69) is 10.2 Å². The number of hydrogen-bond donors (Lipinski definition) is 1. The maximum Gasteiger partial charge on any atom is 0.196 e. The Bertz CT molecular complexity index is 767. The van der Waals surface area contributed by atoms with Crippen LogP contribution in [-0.2, 0) is 4.79 Å². The largest absolute Gasteiger partial charge is 0.507 e. The molecular formula is C20H22N2O2S. The summed E-state index contributed by atoms with van der Waals surface area (Å²) in [5.74, 6) is 0.362. The third kappa shape index (κ3) is 4.48. The zero-order valence-electron chi connectivity index (χ0n) is 14.5. The molecule has 0 saturated heterocycles. The Kier molecular flexibility index (Phi) is 5.53. The Hall–Kier alpha value is -2.14. The molecule has 0 spiro atoms. The molecule has 1 aliphatic carbocycles. The smallest absolute Gasteiger partial charge is 0.196 e. The fourth-order valence-electron chi connectivity index (χ4n) is 3.10. The second-order valence-corrected chi connectivity index (χ2v) is 7.62. The molecular weight excluding hydrogens is 332 g/mol. The zero-order chi connectivity index (χ0) is 17.8. The Morgan fingerprint density at radius 2 is 1.80 bits per heavy atom. The second-order valence-electron chi connectivity index (χ2n) is 6.54. The number of aromatic hydroxyl groups is 1. The van der Waals surface area contributed by atoms with Gasteiger partial charge in [0.2, 0.25) is 0 Å². The summed E-state index contributed by atoms with van der Waals surface area (Å²) in [6.45, 7) is 3.71. The highest BCUT2D eigenvalue weighted by atomic mass is 32.2. The van der Waals surface area contributed by atoms with Gasteiger partial charge in [-0.1, -0.05) is 30.0 Å². The number of carbonyl (C=O) groups is 1. The number of phenolic OH excluding ortho intramolecular Hbond substituents is 1. The van der Waals surface area contributed by atoms with Gasteiger partial charge in [-0.05, 0) is 68.5 Å². The van der Waals surface area contributed by atoms with Crippen molar-refractivity contribution >= 4 is 22.6 Å². The predicted molar refractivity (Wildman–Crippen MR) is 101 cm³/mol. The van der Waals surface area contributed by atoms with E-state index < -0.39 is 0 Å². The van der Waals surface area contributed by atoms with Gasteiger partial charge in [0, 0.05) is 10.8 Å². The number of rotatable bonds is 4. The van der Waals surface area contributed by atoms with Gasteiger partial charge >= 0.3 is 0 Å². The van der Waals surface area contributed by atoms with E-state index in [-0.39, 0.29) is 17.1 Å². The molecule has 5 heteroatoms. The number of carbonyl (C=O) groups excluding carboxylic acids is 1. The number of nitrogens with zero attached hydrogens (tertiary/aromatic N) is 2. The van der Waals surface area contributed by atoms with Crippen LogP contribution in [0, 0.1) is 19.8 Å². The van der Waals surface area contributed by atoms with E-state index in [0.717, 1.165) is 41.0 Å². The van der Waals surface area contributed by atoms with Crippen molar-refractivity contribution in [3.8, 4) is 5.75 Å². The topological polar surface area (TPSA) is 62.0 Å². The van der Waals surface area contributed by atoms with Gasteiger partial charge in [0.15, 0.2) is 5.12 Å². The van der Waals surface area contributed by atoms with Crippen molar-refractivity contribution in [3.63, 3.8) is 0 Å². The van der Waals surface area contributed by atoms with E-state index in [4.69, 9.17) is 0 Å². The first-order valence-electron chi connectivity index (χ1n) is 8.50. The molecule has 0 radical (unpaired) electrons. The number of thioether (sulfide) groups is 1. The first kappa shape index (κ1) is 17.7. The summed E-state index contributed by atoms with van der Waals surface area (Å²) >= 11 is 1.32. The van der Waals surface area contributed by atoms with Crippen molar-refractivity contribution < 1.29 is 9.90 Å². The van der Waals surface area contributed by atoms with E-state index in [1.165, 1.54) is 11.8 Å². The minimum absolute atomic E-state index is 0.0532. The fraction of sp³-hybridized carbons (Fsp3) is 0.350. The lowest BCUT2D eigenvalue weighted by molar-refractivity contribution is -0.114. The van der Waals surface area contributed by atoms with Gasteiger partial charge < -0.3 is 5.11 Å². The number of azo groups is 1. The fourth-order valence-corrected chi connectivity index (χ4v) is 4.01.